The minimum Gasteiger partial charge on any atom is -0.453 e. The van der Waals surface area contributed by atoms with Crippen LogP contribution in [0.2, 0.25) is 5.02 Å². The Bertz CT molecular complexity index is 1230. The fourth-order valence-electron chi connectivity index (χ4n) is 3.88. The Morgan fingerprint density at radius 1 is 1.18 bits per heavy atom. The number of H-pyrrole nitrogens is 1. The normalized spacial score (nSPS) is 13.5. The minimum atomic E-state index is -2.33. The molecule has 1 aromatic heterocycles. The van der Waals surface area contributed by atoms with Crippen molar-refractivity contribution in [1.82, 2.24) is 19.8 Å². The number of amides is 2. The van der Waals surface area contributed by atoms with Crippen molar-refractivity contribution >= 4 is 40.6 Å². The molecule has 2 amide bonds. The molecule has 3 atom stereocenters. The zero-order valence-corrected chi connectivity index (χ0v) is 22.2. The number of halogens is 1. The van der Waals surface area contributed by atoms with Crippen LogP contribution < -0.4 is 10.6 Å². The number of para-hydroxylation sites is 1. The summed E-state index contributed by atoms with van der Waals surface area (Å²) in [5.74, 6) is -0.473. The van der Waals surface area contributed by atoms with Crippen molar-refractivity contribution in [3.63, 3.8) is 0 Å². The number of nitrogens with one attached hydrogen (secondary N) is 3. The third kappa shape index (κ3) is 8.36. The van der Waals surface area contributed by atoms with E-state index in [-0.39, 0.29) is 19.6 Å². The van der Waals surface area contributed by atoms with Gasteiger partial charge in [-0.25, -0.2) is 9.00 Å². The molecule has 13 heteroatoms. The molecule has 3 rings (SSSR count). The van der Waals surface area contributed by atoms with Gasteiger partial charge in [-0.15, -0.1) is 0 Å². The molecule has 0 aliphatic rings. The molecular weight excluding hydrogens is 534 g/mol. The number of carbonyl (C=O) groups excluding carboxylic acids is 2. The zero-order valence-electron chi connectivity index (χ0n) is 20.7. The standard InChI is InChI=1S/C25H30ClN5O6S/c1-37-25(34)30-23(12-19-7-2-4-8-21(19)26)24(33)29-22-9-5-3-6-18(22)10-11-20(16-32)31(38(35)36)15-17-13-27-28-14-17/h2-9,13-14,20,23,32H,10-12,15-16H2,1H3,(H,27,28)(H,29,33)(H,30,34)(H,35,36)/t20-,23-/m0/s1. The van der Waals surface area contributed by atoms with Crippen LogP contribution in [0, 0.1) is 0 Å². The van der Waals surface area contributed by atoms with Crippen LogP contribution in [0.4, 0.5) is 10.5 Å². The van der Waals surface area contributed by atoms with E-state index in [4.69, 9.17) is 11.6 Å². The second kappa shape index (κ2) is 14.6. The number of alkyl carbamates (subject to hydrolysis) is 1. The lowest BCUT2D eigenvalue weighted by atomic mass is 10.0. The molecule has 38 heavy (non-hydrogen) atoms. The van der Waals surface area contributed by atoms with Crippen LogP contribution in [0.1, 0.15) is 23.1 Å². The number of aliphatic hydroxyl groups is 1. The van der Waals surface area contributed by atoms with E-state index in [1.807, 2.05) is 6.07 Å². The monoisotopic (exact) mass is 563 g/mol. The first kappa shape index (κ1) is 29.3. The molecule has 1 heterocycles. The highest BCUT2D eigenvalue weighted by Gasteiger charge is 2.25. The summed E-state index contributed by atoms with van der Waals surface area (Å²) in [6.07, 6.45) is 3.25. The first-order chi connectivity index (χ1) is 18.3. The van der Waals surface area contributed by atoms with E-state index < -0.39 is 35.4 Å². The van der Waals surface area contributed by atoms with Crippen LogP contribution in [0.15, 0.2) is 60.9 Å². The fourth-order valence-corrected chi connectivity index (χ4v) is 4.78. The van der Waals surface area contributed by atoms with Gasteiger partial charge in [0.05, 0.1) is 19.9 Å². The van der Waals surface area contributed by atoms with Gasteiger partial charge < -0.3 is 20.5 Å². The van der Waals surface area contributed by atoms with Crippen molar-refractivity contribution in [3.8, 4) is 0 Å². The second-order valence-corrected chi connectivity index (χ2v) is 9.76. The number of ether oxygens (including phenoxy) is 1. The number of nitrogens with zero attached hydrogens (tertiary/aromatic N) is 2. The van der Waals surface area contributed by atoms with Gasteiger partial charge in [0.2, 0.25) is 17.2 Å². The van der Waals surface area contributed by atoms with Crippen LogP contribution in [0.5, 0.6) is 0 Å². The van der Waals surface area contributed by atoms with E-state index in [1.54, 1.807) is 54.9 Å². The van der Waals surface area contributed by atoms with E-state index in [9.17, 15) is 23.5 Å². The molecule has 5 N–H and O–H groups in total. The molecule has 1 unspecified atom stereocenters. The summed E-state index contributed by atoms with van der Waals surface area (Å²) in [4.78, 5) is 25.2. The van der Waals surface area contributed by atoms with Gasteiger partial charge >= 0.3 is 6.09 Å². The molecule has 0 saturated carbocycles. The molecule has 2 aromatic carbocycles. The second-order valence-electron chi connectivity index (χ2n) is 8.42. The number of aromatic nitrogens is 2. The average molecular weight is 564 g/mol. The molecular formula is C25H30ClN5O6S. The smallest absolute Gasteiger partial charge is 0.407 e. The molecule has 0 aliphatic carbocycles. The number of hydrogen-bond acceptors (Lipinski definition) is 6. The number of benzene rings is 2. The summed E-state index contributed by atoms with van der Waals surface area (Å²) in [6, 6.07) is 12.5. The minimum absolute atomic E-state index is 0.117. The van der Waals surface area contributed by atoms with Crippen LogP contribution >= 0.6 is 11.6 Å². The highest BCUT2D eigenvalue weighted by Crippen LogP contribution is 2.22. The Hall–Kier alpha value is -3.29. The van der Waals surface area contributed by atoms with Gasteiger partial charge in [0, 0.05) is 41.5 Å². The van der Waals surface area contributed by atoms with Crippen LogP contribution in [-0.4, -0.2) is 66.2 Å². The van der Waals surface area contributed by atoms with Gasteiger partial charge in [0.15, 0.2) is 0 Å². The van der Waals surface area contributed by atoms with Gasteiger partial charge in [0.25, 0.3) is 0 Å². The first-order valence-electron chi connectivity index (χ1n) is 11.7. The van der Waals surface area contributed by atoms with Gasteiger partial charge in [-0.05, 0) is 36.1 Å². The SMILES string of the molecule is COC(=O)N[C@@H](Cc1ccccc1Cl)C(=O)Nc1ccccc1CC[C@@H](CO)N(Cc1cn[nH]c1)S(=O)O. The number of anilines is 1. The Balaban J connectivity index is 1.73. The first-order valence-corrected chi connectivity index (χ1v) is 13.2. The number of rotatable bonds is 13. The van der Waals surface area contributed by atoms with E-state index >= 15 is 0 Å². The maximum absolute atomic E-state index is 13.2. The molecule has 0 saturated heterocycles. The van der Waals surface area contributed by atoms with Gasteiger partial charge in [-0.1, -0.05) is 48.0 Å². The van der Waals surface area contributed by atoms with Gasteiger partial charge in [-0.3, -0.25) is 14.4 Å². The topological polar surface area (TPSA) is 157 Å². The molecule has 204 valence electrons. The van der Waals surface area contributed by atoms with Crippen molar-refractivity contribution in [3.05, 3.63) is 82.6 Å². The van der Waals surface area contributed by atoms with Crippen molar-refractivity contribution in [2.24, 2.45) is 0 Å². The summed E-state index contributed by atoms with van der Waals surface area (Å²) in [7, 11) is 1.21. The lowest BCUT2D eigenvalue weighted by Crippen LogP contribution is -2.45. The summed E-state index contributed by atoms with van der Waals surface area (Å²) in [5.41, 5.74) is 2.64. The lowest BCUT2D eigenvalue weighted by Gasteiger charge is -2.26. The summed E-state index contributed by atoms with van der Waals surface area (Å²) in [5, 5.41) is 22.3. The maximum atomic E-state index is 13.2. The molecule has 0 radical (unpaired) electrons. The molecule has 0 bridgehead atoms. The van der Waals surface area contributed by atoms with Crippen LogP contribution in [0.3, 0.4) is 0 Å². The fraction of sp³-hybridized carbons (Fsp3) is 0.320. The van der Waals surface area contributed by atoms with Crippen molar-refractivity contribution in [2.75, 3.05) is 19.0 Å². The van der Waals surface area contributed by atoms with Gasteiger partial charge in [-0.2, -0.15) is 9.40 Å². The van der Waals surface area contributed by atoms with Crippen molar-refractivity contribution < 1.29 is 28.2 Å². The molecule has 0 aliphatic heterocycles. The molecule has 3 aromatic rings. The third-order valence-electron chi connectivity index (χ3n) is 5.91. The summed E-state index contributed by atoms with van der Waals surface area (Å²) in [6.45, 7) is -0.228. The Morgan fingerprint density at radius 2 is 1.89 bits per heavy atom. The molecule has 0 fully saturated rings. The van der Waals surface area contributed by atoms with E-state index in [2.05, 4.69) is 25.6 Å². The maximum Gasteiger partial charge on any atom is 0.407 e. The van der Waals surface area contributed by atoms with Gasteiger partial charge in [0.1, 0.15) is 6.04 Å². The molecule has 11 nitrogen and oxygen atoms in total. The van der Waals surface area contributed by atoms with E-state index in [1.165, 1.54) is 11.4 Å². The number of hydrogen-bond donors (Lipinski definition) is 5. The van der Waals surface area contributed by atoms with Crippen LogP contribution in [0.25, 0.3) is 0 Å². The van der Waals surface area contributed by atoms with Crippen molar-refractivity contribution in [2.45, 2.75) is 37.9 Å². The van der Waals surface area contributed by atoms with E-state index in [0.717, 1.165) is 5.56 Å². The predicted molar refractivity (Wildman–Crippen MR) is 144 cm³/mol. The number of carbonyl (C=O) groups is 2. The highest BCUT2D eigenvalue weighted by molar-refractivity contribution is 7.76. The largest absolute Gasteiger partial charge is 0.453 e. The van der Waals surface area contributed by atoms with Crippen molar-refractivity contribution in [1.29, 1.82) is 0 Å². The Morgan fingerprint density at radius 3 is 2.53 bits per heavy atom. The summed E-state index contributed by atoms with van der Waals surface area (Å²) < 4.78 is 27.8. The third-order valence-corrected chi connectivity index (χ3v) is 7.11. The number of aryl methyl sites for hydroxylation is 1. The quantitative estimate of drug-likeness (QED) is 0.200. The van der Waals surface area contributed by atoms with Crippen LogP contribution in [-0.2, 0) is 40.2 Å². The predicted octanol–water partition coefficient (Wildman–Crippen LogP) is 2.90. The zero-order chi connectivity index (χ0) is 27.5. The number of aromatic amines is 1. The number of aliphatic hydroxyl groups excluding tert-OH is 1. The molecule has 0 spiro atoms. The lowest BCUT2D eigenvalue weighted by molar-refractivity contribution is -0.118. The number of methoxy groups -OCH3 is 1. The Labute approximate surface area is 227 Å². The Kier molecular flexibility index (Phi) is 11.2. The average Bonchev–Trinajstić information content (AvgIpc) is 3.43. The van der Waals surface area contributed by atoms with E-state index in [0.29, 0.717) is 34.7 Å². The summed E-state index contributed by atoms with van der Waals surface area (Å²) >= 11 is 3.94. The highest BCUT2D eigenvalue weighted by atomic mass is 35.5.